The fraction of sp³-hybridized carbons (Fsp3) is 0.750. The van der Waals surface area contributed by atoms with Gasteiger partial charge in [-0.1, -0.05) is 0 Å². The first-order valence-corrected chi connectivity index (χ1v) is 8.13. The van der Waals surface area contributed by atoms with Crippen molar-refractivity contribution in [3.63, 3.8) is 0 Å². The molecule has 0 aromatic carbocycles. The number of piperidine rings is 1. The van der Waals surface area contributed by atoms with Gasteiger partial charge in [0.05, 0.1) is 24.9 Å². The zero-order valence-electron chi connectivity index (χ0n) is 13.8. The van der Waals surface area contributed by atoms with Crippen LogP contribution in [0.4, 0.5) is 0 Å². The highest BCUT2D eigenvalue weighted by Gasteiger charge is 2.38. The van der Waals surface area contributed by atoms with E-state index in [-0.39, 0.29) is 18.1 Å². The number of aryl methyl sites for hydroxylation is 2. The van der Waals surface area contributed by atoms with Crippen molar-refractivity contribution in [3.05, 3.63) is 17.5 Å². The van der Waals surface area contributed by atoms with Crippen LogP contribution in [0.15, 0.2) is 6.20 Å². The molecule has 1 aromatic heterocycles. The molecule has 0 bridgehead atoms. The molecule has 122 valence electrons. The third kappa shape index (κ3) is 3.03. The van der Waals surface area contributed by atoms with Gasteiger partial charge in [0.2, 0.25) is 5.91 Å². The standard InChI is InChI=1S/C16H26N4O2/c1-12-13(10-17-19(12)3)4-5-16(21)20-8-9-22-15-6-7-18(2)11-14(15)20/h10,14-15H,4-9,11H2,1-3H3/t14-,15-/m1/s1. The molecule has 1 amide bonds. The van der Waals surface area contributed by atoms with E-state index in [0.717, 1.165) is 38.2 Å². The van der Waals surface area contributed by atoms with Gasteiger partial charge in [-0.3, -0.25) is 9.48 Å². The lowest BCUT2D eigenvalue weighted by Gasteiger charge is -2.46. The molecule has 0 spiro atoms. The number of fused-ring (bicyclic) bond motifs is 1. The predicted octanol–water partition coefficient (Wildman–Crippen LogP) is 0.593. The number of nitrogens with zero attached hydrogens (tertiary/aromatic N) is 4. The predicted molar refractivity (Wildman–Crippen MR) is 83.6 cm³/mol. The number of rotatable bonds is 3. The maximum absolute atomic E-state index is 12.7. The fourth-order valence-electron chi connectivity index (χ4n) is 3.51. The SMILES string of the molecule is Cc1c(CCC(=O)N2CCO[C@@H]3CCN(C)C[C@H]32)cnn1C. The average Bonchev–Trinajstić information content (AvgIpc) is 2.83. The van der Waals surface area contributed by atoms with Crippen LogP contribution < -0.4 is 0 Å². The number of likely N-dealkylation sites (N-methyl/N-ethyl adjacent to an activating group) is 1. The molecule has 3 rings (SSSR count). The van der Waals surface area contributed by atoms with Gasteiger partial charge in [0, 0.05) is 38.8 Å². The molecule has 22 heavy (non-hydrogen) atoms. The zero-order chi connectivity index (χ0) is 15.7. The van der Waals surface area contributed by atoms with E-state index in [2.05, 4.69) is 21.9 Å². The lowest BCUT2D eigenvalue weighted by Crippen LogP contribution is -2.60. The lowest BCUT2D eigenvalue weighted by atomic mass is 9.98. The van der Waals surface area contributed by atoms with Crippen LogP contribution in [0.3, 0.4) is 0 Å². The minimum Gasteiger partial charge on any atom is -0.374 e. The Morgan fingerprint density at radius 3 is 2.95 bits per heavy atom. The van der Waals surface area contributed by atoms with Crippen molar-refractivity contribution >= 4 is 5.91 Å². The monoisotopic (exact) mass is 306 g/mol. The molecular weight excluding hydrogens is 280 g/mol. The van der Waals surface area contributed by atoms with Gasteiger partial charge >= 0.3 is 0 Å². The van der Waals surface area contributed by atoms with E-state index in [1.807, 2.05) is 24.9 Å². The summed E-state index contributed by atoms with van der Waals surface area (Å²) in [6.07, 6.45) is 4.43. The molecule has 0 unspecified atom stereocenters. The first-order chi connectivity index (χ1) is 10.6. The minimum absolute atomic E-state index is 0.217. The third-order valence-corrected chi connectivity index (χ3v) is 5.05. The number of carbonyl (C=O) groups excluding carboxylic acids is 1. The Bertz CT molecular complexity index is 542. The van der Waals surface area contributed by atoms with E-state index in [0.29, 0.717) is 13.0 Å². The maximum atomic E-state index is 12.7. The molecular formula is C16H26N4O2. The van der Waals surface area contributed by atoms with Gasteiger partial charge in [-0.15, -0.1) is 0 Å². The second kappa shape index (κ2) is 6.38. The van der Waals surface area contributed by atoms with Crippen LogP contribution in [0.25, 0.3) is 0 Å². The van der Waals surface area contributed by atoms with Gasteiger partial charge in [-0.25, -0.2) is 0 Å². The highest BCUT2D eigenvalue weighted by atomic mass is 16.5. The van der Waals surface area contributed by atoms with E-state index in [9.17, 15) is 4.79 Å². The molecule has 2 aliphatic heterocycles. The number of carbonyl (C=O) groups is 1. The molecule has 2 atom stereocenters. The Labute approximate surface area is 132 Å². The summed E-state index contributed by atoms with van der Waals surface area (Å²) in [5.74, 6) is 0.247. The van der Waals surface area contributed by atoms with Crippen molar-refractivity contribution in [1.82, 2.24) is 19.6 Å². The van der Waals surface area contributed by atoms with E-state index < -0.39 is 0 Å². The number of hydrogen-bond acceptors (Lipinski definition) is 4. The molecule has 2 aliphatic rings. The summed E-state index contributed by atoms with van der Waals surface area (Å²) in [6, 6.07) is 0.218. The topological polar surface area (TPSA) is 50.6 Å². The zero-order valence-corrected chi connectivity index (χ0v) is 13.8. The number of amides is 1. The molecule has 0 saturated carbocycles. The lowest BCUT2D eigenvalue weighted by molar-refractivity contribution is -0.151. The molecule has 6 heteroatoms. The van der Waals surface area contributed by atoms with Gasteiger partial charge in [0.15, 0.2) is 0 Å². The molecule has 0 aliphatic carbocycles. The van der Waals surface area contributed by atoms with E-state index in [4.69, 9.17) is 4.74 Å². The second-order valence-corrected chi connectivity index (χ2v) is 6.49. The van der Waals surface area contributed by atoms with Crippen molar-refractivity contribution in [2.75, 3.05) is 33.3 Å². The Morgan fingerprint density at radius 1 is 1.41 bits per heavy atom. The van der Waals surface area contributed by atoms with Crippen LogP contribution >= 0.6 is 0 Å². The van der Waals surface area contributed by atoms with Gasteiger partial charge in [0.25, 0.3) is 0 Å². The number of morpholine rings is 1. The third-order valence-electron chi connectivity index (χ3n) is 5.05. The largest absolute Gasteiger partial charge is 0.374 e. The number of likely N-dealkylation sites (tertiary alicyclic amines) is 1. The van der Waals surface area contributed by atoms with Crippen LogP contribution in [0.2, 0.25) is 0 Å². The quantitative estimate of drug-likeness (QED) is 0.820. The summed E-state index contributed by atoms with van der Waals surface area (Å²) >= 11 is 0. The number of ether oxygens (including phenoxy) is 1. The van der Waals surface area contributed by atoms with Crippen LogP contribution in [-0.2, 0) is 23.0 Å². The molecule has 0 radical (unpaired) electrons. The second-order valence-electron chi connectivity index (χ2n) is 6.49. The van der Waals surface area contributed by atoms with Gasteiger partial charge in [-0.05, 0) is 32.4 Å². The fourth-order valence-corrected chi connectivity index (χ4v) is 3.51. The van der Waals surface area contributed by atoms with Crippen LogP contribution in [0.5, 0.6) is 0 Å². The summed E-state index contributed by atoms with van der Waals surface area (Å²) in [6.45, 7) is 5.41. The maximum Gasteiger partial charge on any atom is 0.223 e. The average molecular weight is 306 g/mol. The van der Waals surface area contributed by atoms with Crippen molar-refractivity contribution in [1.29, 1.82) is 0 Å². The van der Waals surface area contributed by atoms with Gasteiger partial charge < -0.3 is 14.5 Å². The van der Waals surface area contributed by atoms with Crippen molar-refractivity contribution in [2.45, 2.75) is 38.3 Å². The molecule has 2 saturated heterocycles. The van der Waals surface area contributed by atoms with Crippen molar-refractivity contribution < 1.29 is 9.53 Å². The first kappa shape index (κ1) is 15.5. The minimum atomic E-state index is 0.217. The summed E-state index contributed by atoms with van der Waals surface area (Å²) in [4.78, 5) is 17.0. The van der Waals surface area contributed by atoms with E-state index >= 15 is 0 Å². The van der Waals surface area contributed by atoms with E-state index in [1.165, 1.54) is 5.56 Å². The van der Waals surface area contributed by atoms with Gasteiger partial charge in [-0.2, -0.15) is 5.10 Å². The van der Waals surface area contributed by atoms with Crippen molar-refractivity contribution in [3.8, 4) is 0 Å². The Kier molecular flexibility index (Phi) is 4.49. The Morgan fingerprint density at radius 2 is 2.23 bits per heavy atom. The molecule has 3 heterocycles. The summed E-state index contributed by atoms with van der Waals surface area (Å²) in [7, 11) is 4.05. The highest BCUT2D eigenvalue weighted by Crippen LogP contribution is 2.23. The molecule has 0 N–H and O–H groups in total. The molecule has 6 nitrogen and oxygen atoms in total. The normalized spacial score (nSPS) is 26.0. The summed E-state index contributed by atoms with van der Waals surface area (Å²) < 4.78 is 7.72. The summed E-state index contributed by atoms with van der Waals surface area (Å²) in [5, 5.41) is 4.25. The van der Waals surface area contributed by atoms with E-state index in [1.54, 1.807) is 0 Å². The molecule has 2 fully saturated rings. The number of hydrogen-bond donors (Lipinski definition) is 0. The van der Waals surface area contributed by atoms with Gasteiger partial charge in [0.1, 0.15) is 0 Å². The smallest absolute Gasteiger partial charge is 0.223 e. The van der Waals surface area contributed by atoms with Crippen LogP contribution in [0, 0.1) is 6.92 Å². The molecule has 1 aromatic rings. The van der Waals surface area contributed by atoms with Crippen LogP contribution in [-0.4, -0.2) is 70.9 Å². The van der Waals surface area contributed by atoms with Crippen LogP contribution in [0.1, 0.15) is 24.1 Å². The Balaban J connectivity index is 1.62. The first-order valence-electron chi connectivity index (χ1n) is 8.13. The number of aromatic nitrogens is 2. The van der Waals surface area contributed by atoms with Crippen molar-refractivity contribution in [2.24, 2.45) is 7.05 Å². The highest BCUT2D eigenvalue weighted by molar-refractivity contribution is 5.77. The summed E-state index contributed by atoms with van der Waals surface area (Å²) in [5.41, 5.74) is 2.31. The Hall–Kier alpha value is -1.40.